The molecule has 0 fully saturated rings. The highest BCUT2D eigenvalue weighted by Crippen LogP contribution is 2.24. The van der Waals surface area contributed by atoms with Crippen molar-refractivity contribution in [3.05, 3.63) is 58.3 Å². The van der Waals surface area contributed by atoms with E-state index in [0.29, 0.717) is 21.4 Å². The first kappa shape index (κ1) is 13.0. The summed E-state index contributed by atoms with van der Waals surface area (Å²) in [6.07, 6.45) is 1.58. The van der Waals surface area contributed by atoms with Gasteiger partial charge in [-0.2, -0.15) is 0 Å². The molecule has 0 unspecified atom stereocenters. The van der Waals surface area contributed by atoms with Gasteiger partial charge in [0.25, 0.3) is 0 Å². The van der Waals surface area contributed by atoms with Crippen LogP contribution in [0.25, 0.3) is 11.0 Å². The Morgan fingerprint density at radius 1 is 1.10 bits per heavy atom. The molecule has 6 heteroatoms. The largest absolute Gasteiger partial charge is 0.423 e. The molecule has 2 aromatic carbocycles. The minimum atomic E-state index is -0.498. The minimum Gasteiger partial charge on any atom is -0.423 e. The molecule has 0 aliphatic carbocycles. The topological polar surface area (TPSA) is 55.0 Å². The van der Waals surface area contributed by atoms with Crippen LogP contribution in [0.15, 0.2) is 42.7 Å². The van der Waals surface area contributed by atoms with E-state index in [1.807, 2.05) is 0 Å². The Balaban J connectivity index is 1.85. The summed E-state index contributed by atoms with van der Waals surface area (Å²) in [5, 5.41) is 0.701. The number of carbonyl (C=O) groups is 1. The molecule has 0 aliphatic rings. The summed E-state index contributed by atoms with van der Waals surface area (Å²) in [5.41, 5.74) is 1.94. The van der Waals surface area contributed by atoms with Gasteiger partial charge in [-0.1, -0.05) is 23.2 Å². The van der Waals surface area contributed by atoms with E-state index in [9.17, 15) is 4.79 Å². The van der Waals surface area contributed by atoms with Crippen molar-refractivity contribution < 1.29 is 9.53 Å². The molecule has 1 N–H and O–H groups in total. The maximum Gasteiger partial charge on any atom is 0.343 e. The Kier molecular flexibility index (Phi) is 3.34. The summed E-state index contributed by atoms with van der Waals surface area (Å²) < 4.78 is 5.28. The summed E-state index contributed by atoms with van der Waals surface area (Å²) in [7, 11) is 0. The molecular formula is C14H8Cl2N2O2. The fourth-order valence-corrected chi connectivity index (χ4v) is 2.07. The lowest BCUT2D eigenvalue weighted by Crippen LogP contribution is -2.08. The van der Waals surface area contributed by atoms with Gasteiger partial charge in [0.05, 0.1) is 33.0 Å². The summed E-state index contributed by atoms with van der Waals surface area (Å²) in [6.45, 7) is 0. The molecule has 20 heavy (non-hydrogen) atoms. The van der Waals surface area contributed by atoms with E-state index in [2.05, 4.69) is 9.97 Å². The number of halogens is 2. The Bertz CT molecular complexity index is 799. The first-order valence-electron chi connectivity index (χ1n) is 5.74. The van der Waals surface area contributed by atoms with Gasteiger partial charge in [0.1, 0.15) is 5.75 Å². The van der Waals surface area contributed by atoms with Crippen molar-refractivity contribution in [1.82, 2.24) is 9.97 Å². The SMILES string of the molecule is O=C(Oc1ccc2nc[nH]c2c1)c1ccc(Cl)c(Cl)c1. The number of hydrogen-bond acceptors (Lipinski definition) is 3. The Morgan fingerprint density at radius 3 is 2.75 bits per heavy atom. The maximum atomic E-state index is 12.0. The lowest BCUT2D eigenvalue weighted by Gasteiger charge is -2.05. The van der Waals surface area contributed by atoms with E-state index in [-0.39, 0.29) is 0 Å². The van der Waals surface area contributed by atoms with Crippen LogP contribution in [-0.2, 0) is 0 Å². The van der Waals surface area contributed by atoms with Crippen LogP contribution in [0.3, 0.4) is 0 Å². The summed E-state index contributed by atoms with van der Waals surface area (Å²) in [4.78, 5) is 19.0. The molecule has 4 nitrogen and oxygen atoms in total. The lowest BCUT2D eigenvalue weighted by atomic mass is 10.2. The standard InChI is InChI=1S/C14H8Cl2N2O2/c15-10-3-1-8(5-11(10)16)14(19)20-9-2-4-12-13(6-9)18-7-17-12/h1-7H,(H,17,18). The van der Waals surface area contributed by atoms with Crippen LogP contribution < -0.4 is 4.74 Å². The highest BCUT2D eigenvalue weighted by Gasteiger charge is 2.11. The summed E-state index contributed by atoms with van der Waals surface area (Å²) in [5.74, 6) is -0.0692. The van der Waals surface area contributed by atoms with Gasteiger partial charge in [0, 0.05) is 6.07 Å². The van der Waals surface area contributed by atoms with E-state index in [0.717, 1.165) is 11.0 Å². The van der Waals surface area contributed by atoms with Crippen molar-refractivity contribution in [3.8, 4) is 5.75 Å². The molecule has 1 aromatic heterocycles. The molecule has 1 heterocycles. The summed E-state index contributed by atoms with van der Waals surface area (Å²) in [6, 6.07) is 9.74. The van der Waals surface area contributed by atoms with Crippen LogP contribution in [0.5, 0.6) is 5.75 Å². The van der Waals surface area contributed by atoms with Crippen LogP contribution in [-0.4, -0.2) is 15.9 Å². The van der Waals surface area contributed by atoms with Gasteiger partial charge < -0.3 is 9.72 Å². The van der Waals surface area contributed by atoms with Crippen molar-refractivity contribution in [3.63, 3.8) is 0 Å². The third kappa shape index (κ3) is 2.48. The van der Waals surface area contributed by atoms with Gasteiger partial charge in [0.15, 0.2) is 0 Å². The average molecular weight is 307 g/mol. The second kappa shape index (κ2) is 5.15. The molecule has 0 atom stereocenters. The number of esters is 1. The van der Waals surface area contributed by atoms with Crippen LogP contribution >= 0.6 is 23.2 Å². The quantitative estimate of drug-likeness (QED) is 0.573. The number of aromatic amines is 1. The molecule has 0 saturated carbocycles. The third-order valence-corrected chi connectivity index (χ3v) is 3.50. The van der Waals surface area contributed by atoms with Crippen molar-refractivity contribution in [1.29, 1.82) is 0 Å². The zero-order valence-corrected chi connectivity index (χ0v) is 11.6. The Labute approximate surface area is 124 Å². The number of nitrogens with one attached hydrogen (secondary N) is 1. The predicted molar refractivity (Wildman–Crippen MR) is 77.5 cm³/mol. The second-order valence-electron chi connectivity index (χ2n) is 4.10. The van der Waals surface area contributed by atoms with Gasteiger partial charge >= 0.3 is 5.97 Å². The fraction of sp³-hybridized carbons (Fsp3) is 0. The molecule has 0 aliphatic heterocycles. The van der Waals surface area contributed by atoms with Gasteiger partial charge in [-0.15, -0.1) is 0 Å². The van der Waals surface area contributed by atoms with Crippen molar-refractivity contribution in [2.45, 2.75) is 0 Å². The number of hydrogen-bond donors (Lipinski definition) is 1. The van der Waals surface area contributed by atoms with E-state index in [4.69, 9.17) is 27.9 Å². The third-order valence-electron chi connectivity index (χ3n) is 2.76. The zero-order chi connectivity index (χ0) is 14.1. The van der Waals surface area contributed by atoms with Crippen LogP contribution in [0.4, 0.5) is 0 Å². The Morgan fingerprint density at radius 2 is 1.95 bits per heavy atom. The first-order chi connectivity index (χ1) is 9.63. The number of rotatable bonds is 2. The number of H-pyrrole nitrogens is 1. The highest BCUT2D eigenvalue weighted by molar-refractivity contribution is 6.42. The number of fused-ring (bicyclic) bond motifs is 1. The fourth-order valence-electron chi connectivity index (χ4n) is 1.77. The van der Waals surface area contributed by atoms with E-state index in [1.54, 1.807) is 36.7 Å². The zero-order valence-electron chi connectivity index (χ0n) is 10.1. The molecule has 0 radical (unpaired) electrons. The molecule has 0 amide bonds. The van der Waals surface area contributed by atoms with E-state index in [1.165, 1.54) is 6.07 Å². The Hall–Kier alpha value is -2.04. The number of ether oxygens (including phenoxy) is 1. The predicted octanol–water partition coefficient (Wildman–Crippen LogP) is 4.09. The van der Waals surface area contributed by atoms with Gasteiger partial charge in [0.2, 0.25) is 0 Å². The van der Waals surface area contributed by atoms with Gasteiger partial charge in [-0.3, -0.25) is 0 Å². The average Bonchev–Trinajstić information content (AvgIpc) is 2.89. The number of aromatic nitrogens is 2. The normalized spacial score (nSPS) is 10.7. The second-order valence-corrected chi connectivity index (χ2v) is 4.91. The minimum absolute atomic E-state index is 0.310. The van der Waals surface area contributed by atoms with Crippen LogP contribution in [0.1, 0.15) is 10.4 Å². The maximum absolute atomic E-state index is 12.0. The summed E-state index contributed by atoms with van der Waals surface area (Å²) >= 11 is 11.7. The smallest absolute Gasteiger partial charge is 0.343 e. The van der Waals surface area contributed by atoms with Crippen molar-refractivity contribution in [2.75, 3.05) is 0 Å². The first-order valence-corrected chi connectivity index (χ1v) is 6.49. The molecule has 100 valence electrons. The number of carbonyl (C=O) groups excluding carboxylic acids is 1. The van der Waals surface area contributed by atoms with Gasteiger partial charge in [-0.25, -0.2) is 9.78 Å². The number of nitrogens with zero attached hydrogens (tertiary/aromatic N) is 1. The van der Waals surface area contributed by atoms with E-state index < -0.39 is 5.97 Å². The number of benzene rings is 2. The van der Waals surface area contributed by atoms with Crippen molar-refractivity contribution in [2.24, 2.45) is 0 Å². The monoisotopic (exact) mass is 306 g/mol. The molecule has 3 aromatic rings. The van der Waals surface area contributed by atoms with Crippen molar-refractivity contribution >= 4 is 40.2 Å². The lowest BCUT2D eigenvalue weighted by molar-refractivity contribution is 0.0735. The molecule has 3 rings (SSSR count). The molecular weight excluding hydrogens is 299 g/mol. The van der Waals surface area contributed by atoms with Gasteiger partial charge in [-0.05, 0) is 30.3 Å². The number of imidazole rings is 1. The molecule has 0 spiro atoms. The highest BCUT2D eigenvalue weighted by atomic mass is 35.5. The van der Waals surface area contributed by atoms with Crippen LogP contribution in [0.2, 0.25) is 10.0 Å². The molecule has 0 bridgehead atoms. The molecule has 0 saturated heterocycles. The van der Waals surface area contributed by atoms with E-state index >= 15 is 0 Å². The van der Waals surface area contributed by atoms with Crippen LogP contribution in [0, 0.1) is 0 Å².